The molecule has 5 atom stereocenters. The predicted octanol–water partition coefficient (Wildman–Crippen LogP) is 5.80. The first-order chi connectivity index (χ1) is 23.2. The fourth-order valence-electron chi connectivity index (χ4n) is 8.21. The Balaban J connectivity index is 1.12. The number of esters is 1. The quantitative estimate of drug-likeness (QED) is 0.247. The number of amides is 2. The second-order valence-electron chi connectivity index (χ2n) is 17.2. The molecule has 2 N–H and O–H groups in total. The molecule has 1 aromatic carbocycles. The van der Waals surface area contributed by atoms with Crippen molar-refractivity contribution < 1.29 is 37.9 Å². The van der Waals surface area contributed by atoms with Crippen molar-refractivity contribution in [3.63, 3.8) is 0 Å². The van der Waals surface area contributed by atoms with Crippen LogP contribution in [0.25, 0.3) is 0 Å². The van der Waals surface area contributed by atoms with Crippen LogP contribution in [0.15, 0.2) is 24.7 Å². The second kappa shape index (κ2) is 12.9. The van der Waals surface area contributed by atoms with E-state index in [4.69, 9.17) is 23.5 Å². The number of hydrogen-bond acceptors (Lipinski definition) is 9. The zero-order chi connectivity index (χ0) is 36.4. The third kappa shape index (κ3) is 7.13. The minimum Gasteiger partial charge on any atom is -0.486 e. The van der Waals surface area contributed by atoms with Gasteiger partial charge in [-0.3, -0.25) is 4.79 Å². The van der Waals surface area contributed by atoms with Gasteiger partial charge in [-0.25, -0.2) is 14.6 Å². The van der Waals surface area contributed by atoms with E-state index in [9.17, 15) is 14.4 Å². The number of ether oxygens (including phenoxy) is 3. The third-order valence-electron chi connectivity index (χ3n) is 11.0. The molecule has 0 spiro atoms. The largest absolute Gasteiger partial charge is 0.486 e. The molecule has 12 nitrogen and oxygen atoms in total. The van der Waals surface area contributed by atoms with E-state index < -0.39 is 29.3 Å². The molecular formula is C37H53BN4O8. The van der Waals surface area contributed by atoms with E-state index in [2.05, 4.69) is 36.1 Å². The normalized spacial score (nSPS) is 26.3. The number of aromatic amines is 1. The molecule has 2 aromatic rings. The minimum absolute atomic E-state index is 0.121. The SMILES string of the molecule is Cc1c(CCB2O[C@@H]3C[C@@H]4C[C@@H](C4(C)C)[C@]3(C)O2)ccc(OC2CN(C(=O)[C@H](NC(=O)OC(C)(C)C)c3cnc[nH]3)C2)c1C(=O)OC(C)(C)C. The van der Waals surface area contributed by atoms with Gasteiger partial charge in [0.05, 0.1) is 43.0 Å². The molecule has 3 aliphatic carbocycles. The summed E-state index contributed by atoms with van der Waals surface area (Å²) in [4.78, 5) is 48.3. The number of rotatable bonds is 9. The van der Waals surface area contributed by atoms with E-state index in [-0.39, 0.29) is 49.3 Å². The lowest BCUT2D eigenvalue weighted by Crippen LogP contribution is -2.65. The van der Waals surface area contributed by atoms with Crippen LogP contribution in [-0.2, 0) is 30.0 Å². The van der Waals surface area contributed by atoms with Gasteiger partial charge in [0.25, 0.3) is 5.91 Å². The first-order valence-electron chi connectivity index (χ1n) is 17.9. The zero-order valence-corrected chi connectivity index (χ0v) is 31.2. The second-order valence-corrected chi connectivity index (χ2v) is 17.2. The highest BCUT2D eigenvalue weighted by Crippen LogP contribution is 2.65. The van der Waals surface area contributed by atoms with Crippen LogP contribution in [0.1, 0.15) is 108 Å². The molecule has 50 heavy (non-hydrogen) atoms. The average molecular weight is 693 g/mol. The highest BCUT2D eigenvalue weighted by atomic mass is 16.7. The van der Waals surface area contributed by atoms with Gasteiger partial charge in [-0.1, -0.05) is 19.9 Å². The van der Waals surface area contributed by atoms with Crippen molar-refractivity contribution in [3.8, 4) is 5.75 Å². The Morgan fingerprint density at radius 1 is 1.08 bits per heavy atom. The molecule has 2 amide bonds. The van der Waals surface area contributed by atoms with Gasteiger partial charge in [0, 0.05) is 0 Å². The van der Waals surface area contributed by atoms with Crippen LogP contribution in [0.4, 0.5) is 4.79 Å². The summed E-state index contributed by atoms with van der Waals surface area (Å²) in [7, 11) is -0.297. The molecule has 3 saturated carbocycles. The summed E-state index contributed by atoms with van der Waals surface area (Å²) in [6.07, 6.45) is 5.56. The number of hydrogen-bond donors (Lipinski definition) is 2. The summed E-state index contributed by atoms with van der Waals surface area (Å²) >= 11 is 0. The molecule has 7 rings (SSSR count). The van der Waals surface area contributed by atoms with E-state index in [1.807, 2.05) is 39.8 Å². The molecule has 5 fully saturated rings. The number of nitrogens with one attached hydrogen (secondary N) is 2. The maximum absolute atomic E-state index is 13.6. The van der Waals surface area contributed by atoms with Gasteiger partial charge < -0.3 is 38.7 Å². The lowest BCUT2D eigenvalue weighted by Gasteiger charge is -2.64. The fourth-order valence-corrected chi connectivity index (χ4v) is 8.21. The Bertz CT molecular complexity index is 1610. The topological polar surface area (TPSA) is 141 Å². The summed E-state index contributed by atoms with van der Waals surface area (Å²) in [5.41, 5.74) is 1.18. The summed E-state index contributed by atoms with van der Waals surface area (Å²) in [5, 5.41) is 2.66. The standard InChI is InChI=1S/C37H53BN4O8/c1-21-22(13-14-38-49-28-16-23-15-27(36(23,8)9)37(28,10)50-38)11-12-26(29(21)32(44)47-34(2,3)4)46-24-18-42(19-24)31(43)30(25-17-39-20-40-25)41-33(45)48-35(5,6)7/h11-12,17,20,23-24,27-28,30H,13-16,18-19H2,1-10H3,(H,39,40)(H,41,45)/t23-,27-,28+,30+,37-/m0/s1. The van der Waals surface area contributed by atoms with E-state index in [0.29, 0.717) is 41.6 Å². The Morgan fingerprint density at radius 2 is 1.78 bits per heavy atom. The molecule has 272 valence electrons. The van der Waals surface area contributed by atoms with Crippen LogP contribution < -0.4 is 10.1 Å². The van der Waals surface area contributed by atoms with Crippen LogP contribution >= 0.6 is 0 Å². The summed E-state index contributed by atoms with van der Waals surface area (Å²) < 4.78 is 30.7. The van der Waals surface area contributed by atoms with Crippen molar-refractivity contribution in [2.75, 3.05) is 13.1 Å². The van der Waals surface area contributed by atoms with Gasteiger partial charge in [-0.2, -0.15) is 0 Å². The van der Waals surface area contributed by atoms with Gasteiger partial charge in [0.2, 0.25) is 0 Å². The Hall–Kier alpha value is -3.58. The Labute approximate surface area is 295 Å². The molecule has 0 unspecified atom stereocenters. The minimum atomic E-state index is -1.01. The van der Waals surface area contributed by atoms with Gasteiger partial charge in [-0.05, 0) is 115 Å². The van der Waals surface area contributed by atoms with Crippen molar-refractivity contribution in [2.45, 2.75) is 130 Å². The number of aromatic nitrogens is 2. The highest BCUT2D eigenvalue weighted by Gasteiger charge is 2.67. The monoisotopic (exact) mass is 692 g/mol. The van der Waals surface area contributed by atoms with Crippen LogP contribution in [0.2, 0.25) is 6.32 Å². The number of carbonyl (C=O) groups is 3. The van der Waals surface area contributed by atoms with Crippen molar-refractivity contribution in [1.82, 2.24) is 20.2 Å². The molecule has 13 heteroatoms. The summed E-state index contributed by atoms with van der Waals surface area (Å²) in [6.45, 7) is 20.2. The highest BCUT2D eigenvalue weighted by molar-refractivity contribution is 6.45. The Kier molecular flexibility index (Phi) is 9.33. The molecular weight excluding hydrogens is 639 g/mol. The number of nitrogens with zero attached hydrogens (tertiary/aromatic N) is 2. The molecule has 5 aliphatic rings. The number of likely N-dealkylation sites (tertiary alicyclic amines) is 1. The number of alkyl carbamates (subject to hydrolysis) is 1. The zero-order valence-electron chi connectivity index (χ0n) is 31.2. The van der Waals surface area contributed by atoms with Crippen LogP contribution in [0.3, 0.4) is 0 Å². The average Bonchev–Trinajstić information content (AvgIpc) is 3.62. The van der Waals surface area contributed by atoms with Crippen LogP contribution in [-0.4, -0.2) is 82.1 Å². The first kappa shape index (κ1) is 36.2. The van der Waals surface area contributed by atoms with Gasteiger partial charge in [0.1, 0.15) is 28.6 Å². The molecule has 2 saturated heterocycles. The number of benzene rings is 1. The van der Waals surface area contributed by atoms with E-state index in [1.54, 1.807) is 25.7 Å². The van der Waals surface area contributed by atoms with Crippen LogP contribution in [0.5, 0.6) is 5.75 Å². The number of imidazole rings is 1. The van der Waals surface area contributed by atoms with Gasteiger partial charge in [-0.15, -0.1) is 0 Å². The van der Waals surface area contributed by atoms with Crippen LogP contribution in [0, 0.1) is 24.2 Å². The van der Waals surface area contributed by atoms with E-state index in [0.717, 1.165) is 17.5 Å². The van der Waals surface area contributed by atoms with Gasteiger partial charge in [0.15, 0.2) is 6.04 Å². The first-order valence-corrected chi connectivity index (χ1v) is 17.9. The molecule has 2 aliphatic heterocycles. The van der Waals surface area contributed by atoms with Crippen molar-refractivity contribution in [3.05, 3.63) is 47.0 Å². The summed E-state index contributed by atoms with van der Waals surface area (Å²) in [6, 6.07) is 2.80. The lowest BCUT2D eigenvalue weighted by molar-refractivity contribution is -0.199. The number of carbonyl (C=O) groups excluding carboxylic acids is 3. The molecule has 2 bridgehead atoms. The number of aryl methyl sites for hydroxylation is 1. The van der Waals surface area contributed by atoms with E-state index in [1.165, 1.54) is 18.9 Å². The molecule has 1 aromatic heterocycles. The maximum atomic E-state index is 13.6. The Morgan fingerprint density at radius 3 is 2.40 bits per heavy atom. The maximum Gasteiger partial charge on any atom is 0.457 e. The fraction of sp³-hybridized carbons (Fsp3) is 0.676. The molecule has 0 radical (unpaired) electrons. The molecule has 3 heterocycles. The lowest BCUT2D eigenvalue weighted by atomic mass is 9.43. The van der Waals surface area contributed by atoms with E-state index >= 15 is 0 Å². The summed E-state index contributed by atoms with van der Waals surface area (Å²) in [5.74, 6) is 0.796. The van der Waals surface area contributed by atoms with Crippen molar-refractivity contribution >= 4 is 25.1 Å². The smallest absolute Gasteiger partial charge is 0.457 e. The predicted molar refractivity (Wildman–Crippen MR) is 187 cm³/mol. The van der Waals surface area contributed by atoms with Crippen molar-refractivity contribution in [1.29, 1.82) is 0 Å². The van der Waals surface area contributed by atoms with Gasteiger partial charge >= 0.3 is 19.2 Å². The third-order valence-corrected chi connectivity index (χ3v) is 11.0. The van der Waals surface area contributed by atoms with Crippen molar-refractivity contribution in [2.24, 2.45) is 17.3 Å². The number of H-pyrrole nitrogens is 1.